The molecule has 0 aromatic carbocycles. The van der Waals surface area contributed by atoms with Crippen molar-refractivity contribution >= 4 is 12.2 Å². The molecule has 1 unspecified atom stereocenters. The van der Waals surface area contributed by atoms with Crippen molar-refractivity contribution in [3.05, 3.63) is 23.2 Å². The molecule has 17 heavy (non-hydrogen) atoms. The second kappa shape index (κ2) is 3.80. The molecule has 6 heteroatoms. The third-order valence-electron chi connectivity index (χ3n) is 3.31. The van der Waals surface area contributed by atoms with Crippen LogP contribution in [0.15, 0.2) is 28.2 Å². The van der Waals surface area contributed by atoms with Crippen LogP contribution in [-0.2, 0) is 4.79 Å². The second-order valence-corrected chi connectivity index (χ2v) is 4.38. The molecule has 6 nitrogen and oxygen atoms in total. The molecular formula is C11H15N5O. The van der Waals surface area contributed by atoms with Crippen LogP contribution in [0.4, 0.5) is 0 Å². The van der Waals surface area contributed by atoms with Crippen LogP contribution in [0.25, 0.3) is 0 Å². The predicted molar refractivity (Wildman–Crippen MR) is 63.7 cm³/mol. The molecule has 3 heterocycles. The number of fused-ring (bicyclic) bond motifs is 1. The first-order valence-corrected chi connectivity index (χ1v) is 5.81. The summed E-state index contributed by atoms with van der Waals surface area (Å²) in [5, 5.41) is 5.90. The molecule has 1 amide bonds. The largest absolute Gasteiger partial charge is 0.385 e. The van der Waals surface area contributed by atoms with Gasteiger partial charge in [-0.1, -0.05) is 0 Å². The summed E-state index contributed by atoms with van der Waals surface area (Å²) < 4.78 is 0. The molecule has 1 fully saturated rings. The van der Waals surface area contributed by atoms with Crippen LogP contribution < -0.4 is 16.4 Å². The predicted octanol–water partition coefficient (Wildman–Crippen LogP) is -0.776. The van der Waals surface area contributed by atoms with E-state index in [0.717, 1.165) is 31.5 Å². The smallest absolute Gasteiger partial charge is 0.255 e. The van der Waals surface area contributed by atoms with Crippen molar-refractivity contribution < 1.29 is 4.79 Å². The van der Waals surface area contributed by atoms with Crippen molar-refractivity contribution in [3.63, 3.8) is 0 Å². The summed E-state index contributed by atoms with van der Waals surface area (Å²) in [5.74, 6) is 0.558. The molecule has 90 valence electrons. The van der Waals surface area contributed by atoms with Gasteiger partial charge < -0.3 is 21.3 Å². The van der Waals surface area contributed by atoms with Gasteiger partial charge in [0.15, 0.2) is 0 Å². The molecule has 3 rings (SSSR count). The maximum absolute atomic E-state index is 12.3. The summed E-state index contributed by atoms with van der Waals surface area (Å²) in [4.78, 5) is 18.4. The second-order valence-electron chi connectivity index (χ2n) is 4.38. The zero-order valence-electron chi connectivity index (χ0n) is 9.44. The van der Waals surface area contributed by atoms with Crippen LogP contribution in [0.2, 0.25) is 0 Å². The quantitative estimate of drug-likeness (QED) is 0.555. The molecule has 4 N–H and O–H groups in total. The number of amides is 1. The van der Waals surface area contributed by atoms with Crippen molar-refractivity contribution in [1.29, 1.82) is 0 Å². The Balaban J connectivity index is 1.86. The van der Waals surface area contributed by atoms with E-state index in [1.54, 1.807) is 12.5 Å². The van der Waals surface area contributed by atoms with E-state index in [2.05, 4.69) is 15.6 Å². The number of hydrogen-bond donors (Lipinski definition) is 3. The Morgan fingerprint density at radius 3 is 3.00 bits per heavy atom. The molecule has 0 aromatic rings. The van der Waals surface area contributed by atoms with E-state index in [9.17, 15) is 4.79 Å². The Labute approximate surface area is 99.2 Å². The molecule has 0 aromatic heterocycles. The van der Waals surface area contributed by atoms with Gasteiger partial charge in [-0.2, -0.15) is 0 Å². The third-order valence-corrected chi connectivity index (χ3v) is 3.31. The van der Waals surface area contributed by atoms with Gasteiger partial charge in [0, 0.05) is 19.3 Å². The van der Waals surface area contributed by atoms with E-state index in [0.29, 0.717) is 11.4 Å². The lowest BCUT2D eigenvalue weighted by molar-refractivity contribution is -0.125. The Morgan fingerprint density at radius 2 is 2.24 bits per heavy atom. The topological polar surface area (TPSA) is 82.8 Å². The number of nitrogens with two attached hydrogens (primary N) is 1. The Morgan fingerprint density at radius 1 is 1.47 bits per heavy atom. The monoisotopic (exact) mass is 233 g/mol. The molecule has 0 saturated carbocycles. The van der Waals surface area contributed by atoms with Crippen LogP contribution in [-0.4, -0.2) is 36.4 Å². The molecule has 0 spiro atoms. The van der Waals surface area contributed by atoms with Gasteiger partial charge in [0.25, 0.3) is 5.91 Å². The zero-order chi connectivity index (χ0) is 11.8. The molecule has 3 aliphatic heterocycles. The first kappa shape index (κ1) is 10.2. The van der Waals surface area contributed by atoms with Crippen LogP contribution in [0.5, 0.6) is 0 Å². The van der Waals surface area contributed by atoms with Gasteiger partial charge in [-0.25, -0.2) is 4.99 Å². The number of nitrogens with zero attached hydrogens (tertiary/aromatic N) is 2. The van der Waals surface area contributed by atoms with Crippen molar-refractivity contribution in [3.8, 4) is 0 Å². The fourth-order valence-corrected chi connectivity index (χ4v) is 2.41. The molecule has 0 aliphatic carbocycles. The minimum atomic E-state index is -0.210. The van der Waals surface area contributed by atoms with Crippen molar-refractivity contribution in [1.82, 2.24) is 15.5 Å². The lowest BCUT2D eigenvalue weighted by atomic mass is 10.1. The van der Waals surface area contributed by atoms with Crippen molar-refractivity contribution in [2.45, 2.75) is 19.0 Å². The van der Waals surface area contributed by atoms with E-state index in [-0.39, 0.29) is 12.1 Å². The lowest BCUT2D eigenvalue weighted by Gasteiger charge is -2.21. The third kappa shape index (κ3) is 1.56. The fourth-order valence-electron chi connectivity index (χ4n) is 2.41. The number of carbonyl (C=O) groups excluding carboxylic acids is 1. The van der Waals surface area contributed by atoms with Gasteiger partial charge in [0.1, 0.15) is 12.0 Å². The highest BCUT2D eigenvalue weighted by molar-refractivity contribution is 5.99. The number of likely N-dealkylation sites (tertiary alicyclic amines) is 1. The summed E-state index contributed by atoms with van der Waals surface area (Å²) in [6.07, 6.45) is 5.23. The van der Waals surface area contributed by atoms with Gasteiger partial charge in [-0.3, -0.25) is 4.79 Å². The lowest BCUT2D eigenvalue weighted by Crippen LogP contribution is -2.35. The standard InChI is InChI=1S/C11H15N5O/c12-9-8-7(5-13-10(8)15-6-14-9)11(17)16-3-1-2-4-16/h5-6,10,13H,1-4,12H2,(H,14,15). The van der Waals surface area contributed by atoms with Crippen molar-refractivity contribution in [2.24, 2.45) is 10.7 Å². The summed E-state index contributed by atoms with van der Waals surface area (Å²) in [6.45, 7) is 1.68. The van der Waals surface area contributed by atoms with E-state index in [1.807, 2.05) is 4.90 Å². The number of rotatable bonds is 1. The molecule has 0 bridgehead atoms. The average molecular weight is 233 g/mol. The first-order chi connectivity index (χ1) is 8.27. The average Bonchev–Trinajstić information content (AvgIpc) is 2.98. The van der Waals surface area contributed by atoms with Gasteiger partial charge >= 0.3 is 0 Å². The Hall–Kier alpha value is -1.98. The number of aliphatic imine (C=N–C) groups is 1. The molecule has 3 aliphatic rings. The van der Waals surface area contributed by atoms with Crippen LogP contribution in [0.3, 0.4) is 0 Å². The molecular weight excluding hydrogens is 218 g/mol. The van der Waals surface area contributed by atoms with Gasteiger partial charge in [0.05, 0.1) is 17.5 Å². The van der Waals surface area contributed by atoms with E-state index >= 15 is 0 Å². The molecule has 1 saturated heterocycles. The minimum Gasteiger partial charge on any atom is -0.385 e. The highest BCUT2D eigenvalue weighted by atomic mass is 16.2. The minimum absolute atomic E-state index is 0.0503. The number of hydrogen-bond acceptors (Lipinski definition) is 5. The van der Waals surface area contributed by atoms with Crippen LogP contribution in [0.1, 0.15) is 12.8 Å². The maximum Gasteiger partial charge on any atom is 0.255 e. The highest BCUT2D eigenvalue weighted by Gasteiger charge is 2.34. The zero-order valence-corrected chi connectivity index (χ0v) is 9.44. The normalized spacial score (nSPS) is 26.5. The van der Waals surface area contributed by atoms with Gasteiger partial charge in [-0.05, 0) is 12.8 Å². The van der Waals surface area contributed by atoms with Gasteiger partial charge in [-0.15, -0.1) is 0 Å². The van der Waals surface area contributed by atoms with Crippen molar-refractivity contribution in [2.75, 3.05) is 13.1 Å². The summed E-state index contributed by atoms with van der Waals surface area (Å²) in [5.41, 5.74) is 7.28. The molecule has 1 atom stereocenters. The summed E-state index contributed by atoms with van der Waals surface area (Å²) >= 11 is 0. The number of carbonyl (C=O) groups is 1. The Kier molecular flexibility index (Phi) is 2.28. The van der Waals surface area contributed by atoms with Gasteiger partial charge in [0.2, 0.25) is 0 Å². The van der Waals surface area contributed by atoms with Crippen LogP contribution in [0, 0.1) is 0 Å². The fraction of sp³-hybridized carbons (Fsp3) is 0.455. The van der Waals surface area contributed by atoms with E-state index in [1.165, 1.54) is 0 Å². The summed E-state index contributed by atoms with van der Waals surface area (Å²) in [7, 11) is 0. The van der Waals surface area contributed by atoms with E-state index in [4.69, 9.17) is 5.73 Å². The first-order valence-electron chi connectivity index (χ1n) is 5.81. The molecule has 0 radical (unpaired) electrons. The van der Waals surface area contributed by atoms with E-state index < -0.39 is 0 Å². The SMILES string of the molecule is NC1=C2C(C(=O)N3CCCC3)=CNC2N=CN1. The maximum atomic E-state index is 12.3. The number of nitrogens with one attached hydrogen (secondary N) is 2. The Bertz CT molecular complexity index is 445. The highest BCUT2D eigenvalue weighted by Crippen LogP contribution is 2.26. The van der Waals surface area contributed by atoms with Crippen LogP contribution >= 0.6 is 0 Å². The summed E-state index contributed by atoms with van der Waals surface area (Å²) in [6, 6.07) is 0.